The summed E-state index contributed by atoms with van der Waals surface area (Å²) in [5.41, 5.74) is 2.48. The lowest BCUT2D eigenvalue weighted by atomic mass is 10.1. The number of nitrogens with one attached hydrogen (secondary N) is 1. The average molecular weight is 275 g/mol. The molecule has 112 valence electrons. The quantitative estimate of drug-likeness (QED) is 0.750. The van der Waals surface area contributed by atoms with Crippen LogP contribution in [-0.4, -0.2) is 29.0 Å². The standard InChI is InChI=1S/C17H29N3/c1-4-18-11-15-5-6-16(19-12-15)13-20(17-7-8-17)10-9-14(2)3/h5-6,12,14,17-18H,4,7-11,13H2,1-3H3. The third kappa shape index (κ3) is 5.22. The van der Waals surface area contributed by atoms with Crippen LogP contribution < -0.4 is 5.32 Å². The maximum Gasteiger partial charge on any atom is 0.0544 e. The van der Waals surface area contributed by atoms with Crippen LogP contribution in [0.3, 0.4) is 0 Å². The smallest absolute Gasteiger partial charge is 0.0544 e. The molecule has 0 aromatic carbocycles. The first-order valence-corrected chi connectivity index (χ1v) is 8.07. The molecule has 3 nitrogen and oxygen atoms in total. The van der Waals surface area contributed by atoms with Crippen molar-refractivity contribution in [3.8, 4) is 0 Å². The summed E-state index contributed by atoms with van der Waals surface area (Å²) in [5.74, 6) is 0.784. The molecule has 1 aromatic rings. The lowest BCUT2D eigenvalue weighted by Crippen LogP contribution is -2.28. The first kappa shape index (κ1) is 15.5. The van der Waals surface area contributed by atoms with E-state index in [0.29, 0.717) is 0 Å². The lowest BCUT2D eigenvalue weighted by Gasteiger charge is -2.22. The molecule has 0 amide bonds. The van der Waals surface area contributed by atoms with E-state index in [4.69, 9.17) is 0 Å². The van der Waals surface area contributed by atoms with Crippen molar-refractivity contribution in [2.75, 3.05) is 13.1 Å². The van der Waals surface area contributed by atoms with Gasteiger partial charge in [-0.05, 0) is 49.9 Å². The molecule has 1 fully saturated rings. The summed E-state index contributed by atoms with van der Waals surface area (Å²) in [5, 5.41) is 3.34. The number of hydrogen-bond acceptors (Lipinski definition) is 3. The Labute approximate surface area is 123 Å². The Balaban J connectivity index is 1.86. The second-order valence-corrected chi connectivity index (χ2v) is 6.32. The van der Waals surface area contributed by atoms with Crippen molar-refractivity contribution in [3.63, 3.8) is 0 Å². The molecule has 3 heteroatoms. The van der Waals surface area contributed by atoms with E-state index in [1.807, 2.05) is 6.20 Å². The van der Waals surface area contributed by atoms with Crippen molar-refractivity contribution in [2.45, 2.75) is 59.2 Å². The molecule has 1 heterocycles. The van der Waals surface area contributed by atoms with E-state index < -0.39 is 0 Å². The van der Waals surface area contributed by atoms with Gasteiger partial charge in [-0.1, -0.05) is 26.8 Å². The minimum absolute atomic E-state index is 0.784. The summed E-state index contributed by atoms with van der Waals surface area (Å²) in [6, 6.07) is 5.22. The van der Waals surface area contributed by atoms with Gasteiger partial charge < -0.3 is 5.32 Å². The van der Waals surface area contributed by atoms with Gasteiger partial charge in [0.15, 0.2) is 0 Å². The van der Waals surface area contributed by atoms with Crippen molar-refractivity contribution in [2.24, 2.45) is 5.92 Å². The van der Waals surface area contributed by atoms with Crippen LogP contribution in [0.5, 0.6) is 0 Å². The fourth-order valence-electron chi connectivity index (χ4n) is 2.39. The molecule has 1 aromatic heterocycles. The van der Waals surface area contributed by atoms with Gasteiger partial charge in [0.2, 0.25) is 0 Å². The van der Waals surface area contributed by atoms with E-state index in [2.05, 4.69) is 48.1 Å². The van der Waals surface area contributed by atoms with Crippen molar-refractivity contribution >= 4 is 0 Å². The molecule has 0 atom stereocenters. The number of aromatic nitrogens is 1. The van der Waals surface area contributed by atoms with Crippen molar-refractivity contribution < 1.29 is 0 Å². The van der Waals surface area contributed by atoms with E-state index in [-0.39, 0.29) is 0 Å². The SMILES string of the molecule is CCNCc1ccc(CN(CCC(C)C)C2CC2)nc1. The summed E-state index contributed by atoms with van der Waals surface area (Å²) >= 11 is 0. The first-order valence-electron chi connectivity index (χ1n) is 8.07. The van der Waals surface area contributed by atoms with Crippen LogP contribution in [0, 0.1) is 5.92 Å². The molecular weight excluding hydrogens is 246 g/mol. The van der Waals surface area contributed by atoms with Crippen molar-refractivity contribution in [1.29, 1.82) is 0 Å². The maximum atomic E-state index is 4.63. The molecule has 20 heavy (non-hydrogen) atoms. The second kappa shape index (κ2) is 7.75. The van der Waals surface area contributed by atoms with Crippen LogP contribution in [0.2, 0.25) is 0 Å². The van der Waals surface area contributed by atoms with E-state index in [0.717, 1.165) is 31.6 Å². The molecule has 0 bridgehead atoms. The Kier molecular flexibility index (Phi) is 5.99. The Hall–Kier alpha value is -0.930. The van der Waals surface area contributed by atoms with E-state index in [1.165, 1.54) is 37.1 Å². The number of pyridine rings is 1. The van der Waals surface area contributed by atoms with Gasteiger partial charge in [-0.2, -0.15) is 0 Å². The van der Waals surface area contributed by atoms with Crippen molar-refractivity contribution in [1.82, 2.24) is 15.2 Å². The normalized spacial score (nSPS) is 15.2. The van der Waals surface area contributed by atoms with E-state index in [9.17, 15) is 0 Å². The van der Waals surface area contributed by atoms with Gasteiger partial charge in [0.1, 0.15) is 0 Å². The Morgan fingerprint density at radius 2 is 2.15 bits per heavy atom. The zero-order valence-corrected chi connectivity index (χ0v) is 13.2. The van der Waals surface area contributed by atoms with Gasteiger partial charge in [0.25, 0.3) is 0 Å². The largest absolute Gasteiger partial charge is 0.313 e. The summed E-state index contributed by atoms with van der Waals surface area (Å²) < 4.78 is 0. The summed E-state index contributed by atoms with van der Waals surface area (Å²) in [6.45, 7) is 10.9. The van der Waals surface area contributed by atoms with Gasteiger partial charge in [0, 0.05) is 25.3 Å². The molecule has 1 N–H and O–H groups in total. The van der Waals surface area contributed by atoms with Crippen LogP contribution in [0.15, 0.2) is 18.3 Å². The minimum Gasteiger partial charge on any atom is -0.313 e. The molecular formula is C17H29N3. The van der Waals surface area contributed by atoms with Gasteiger partial charge in [-0.25, -0.2) is 0 Å². The third-order valence-corrected chi connectivity index (χ3v) is 3.89. The molecule has 0 unspecified atom stereocenters. The van der Waals surface area contributed by atoms with Gasteiger partial charge >= 0.3 is 0 Å². The topological polar surface area (TPSA) is 28.2 Å². The highest BCUT2D eigenvalue weighted by Crippen LogP contribution is 2.28. The number of nitrogens with zero attached hydrogens (tertiary/aromatic N) is 2. The van der Waals surface area contributed by atoms with Crippen LogP contribution in [0.1, 0.15) is 51.3 Å². The third-order valence-electron chi connectivity index (χ3n) is 3.89. The Morgan fingerprint density at radius 3 is 2.70 bits per heavy atom. The fourth-order valence-corrected chi connectivity index (χ4v) is 2.39. The summed E-state index contributed by atoms with van der Waals surface area (Å²) in [4.78, 5) is 7.24. The zero-order chi connectivity index (χ0) is 14.4. The minimum atomic E-state index is 0.784. The van der Waals surface area contributed by atoms with Gasteiger partial charge in [-0.3, -0.25) is 9.88 Å². The lowest BCUT2D eigenvalue weighted by molar-refractivity contribution is 0.237. The van der Waals surface area contributed by atoms with Crippen LogP contribution in [0.4, 0.5) is 0 Å². The highest BCUT2D eigenvalue weighted by molar-refractivity contribution is 5.14. The van der Waals surface area contributed by atoms with Gasteiger partial charge in [0.05, 0.1) is 5.69 Å². The van der Waals surface area contributed by atoms with Crippen LogP contribution >= 0.6 is 0 Å². The molecule has 2 rings (SSSR count). The predicted octanol–water partition coefficient (Wildman–Crippen LogP) is 3.20. The zero-order valence-electron chi connectivity index (χ0n) is 13.2. The average Bonchev–Trinajstić information content (AvgIpc) is 3.27. The van der Waals surface area contributed by atoms with E-state index in [1.54, 1.807) is 0 Å². The molecule has 1 saturated carbocycles. The first-order chi connectivity index (χ1) is 9.69. The predicted molar refractivity (Wildman–Crippen MR) is 84.5 cm³/mol. The molecule has 0 radical (unpaired) electrons. The highest BCUT2D eigenvalue weighted by Gasteiger charge is 2.28. The fraction of sp³-hybridized carbons (Fsp3) is 0.706. The number of rotatable bonds is 9. The molecule has 1 aliphatic carbocycles. The maximum absolute atomic E-state index is 4.63. The molecule has 0 saturated heterocycles. The summed E-state index contributed by atoms with van der Waals surface area (Å²) in [6.07, 6.45) is 6.05. The molecule has 0 spiro atoms. The Bertz CT molecular complexity index is 382. The number of hydrogen-bond donors (Lipinski definition) is 1. The molecule has 0 aliphatic heterocycles. The summed E-state index contributed by atoms with van der Waals surface area (Å²) in [7, 11) is 0. The van der Waals surface area contributed by atoms with Crippen molar-refractivity contribution in [3.05, 3.63) is 29.6 Å². The van der Waals surface area contributed by atoms with E-state index >= 15 is 0 Å². The monoisotopic (exact) mass is 275 g/mol. The van der Waals surface area contributed by atoms with Crippen LogP contribution in [-0.2, 0) is 13.1 Å². The highest BCUT2D eigenvalue weighted by atomic mass is 15.2. The second-order valence-electron chi connectivity index (χ2n) is 6.32. The Morgan fingerprint density at radius 1 is 1.35 bits per heavy atom. The van der Waals surface area contributed by atoms with Gasteiger partial charge in [-0.15, -0.1) is 0 Å². The molecule has 1 aliphatic rings. The van der Waals surface area contributed by atoms with Crippen LogP contribution in [0.25, 0.3) is 0 Å².